The zero-order chi connectivity index (χ0) is 14.1. The van der Waals surface area contributed by atoms with Gasteiger partial charge in [-0.2, -0.15) is 0 Å². The Morgan fingerprint density at radius 3 is 2.55 bits per heavy atom. The fourth-order valence-electron chi connectivity index (χ4n) is 2.33. The van der Waals surface area contributed by atoms with Gasteiger partial charge in [0.25, 0.3) is 0 Å². The molecule has 1 heterocycles. The van der Waals surface area contributed by atoms with Gasteiger partial charge in [-0.15, -0.1) is 11.3 Å². The molecule has 1 aromatic heterocycles. The molecule has 0 fully saturated rings. The number of thiophene rings is 1. The highest BCUT2D eigenvalue weighted by atomic mass is 35.5. The van der Waals surface area contributed by atoms with Gasteiger partial charge in [0.1, 0.15) is 0 Å². The van der Waals surface area contributed by atoms with Crippen molar-refractivity contribution < 1.29 is 0 Å². The summed E-state index contributed by atoms with van der Waals surface area (Å²) in [5.41, 5.74) is 4.83. The number of fused-ring (bicyclic) bond motifs is 1. The van der Waals surface area contributed by atoms with E-state index in [0.29, 0.717) is 10.0 Å². The Hall–Kier alpha value is -1.10. The van der Waals surface area contributed by atoms with Crippen LogP contribution in [-0.4, -0.2) is 0 Å². The number of halogens is 2. The predicted molar refractivity (Wildman–Crippen MR) is 87.5 cm³/mol. The smallest absolute Gasteiger partial charge is 0.0738 e. The van der Waals surface area contributed by atoms with E-state index in [4.69, 9.17) is 29.0 Å². The molecule has 0 aliphatic rings. The lowest BCUT2D eigenvalue weighted by Gasteiger charge is -2.19. The van der Waals surface area contributed by atoms with Gasteiger partial charge in [0, 0.05) is 4.70 Å². The summed E-state index contributed by atoms with van der Waals surface area (Å²) in [5, 5.41) is 4.33. The lowest BCUT2D eigenvalue weighted by Crippen LogP contribution is -2.29. The van der Waals surface area contributed by atoms with Crippen LogP contribution in [0.5, 0.6) is 0 Å². The molecule has 0 bridgehead atoms. The third-order valence-corrected chi connectivity index (χ3v) is 5.09. The second-order valence-corrected chi connectivity index (χ2v) is 6.13. The lowest BCUT2D eigenvalue weighted by molar-refractivity contribution is 0.642. The van der Waals surface area contributed by atoms with Crippen molar-refractivity contribution in [2.75, 3.05) is 0 Å². The number of hydrazine groups is 1. The van der Waals surface area contributed by atoms with Gasteiger partial charge in [-0.1, -0.05) is 53.5 Å². The Morgan fingerprint density at radius 1 is 1.00 bits per heavy atom. The standard InChI is InChI=1S/C15H12Cl2N2S/c16-12-6-2-4-10(13(12)17)14(19-18)11-5-1-3-9-7-8-20-15(9)11/h1-8,14,19H,18H2. The van der Waals surface area contributed by atoms with E-state index in [1.54, 1.807) is 17.4 Å². The maximum atomic E-state index is 6.32. The lowest BCUT2D eigenvalue weighted by atomic mass is 9.98. The average Bonchev–Trinajstić information content (AvgIpc) is 2.93. The second kappa shape index (κ2) is 5.72. The number of nitrogens with one attached hydrogen (secondary N) is 1. The number of nitrogens with two attached hydrogens (primary N) is 1. The minimum Gasteiger partial charge on any atom is -0.271 e. The molecule has 0 radical (unpaired) electrons. The third kappa shape index (κ3) is 2.32. The van der Waals surface area contributed by atoms with Crippen LogP contribution in [0.1, 0.15) is 17.2 Å². The van der Waals surface area contributed by atoms with Crippen molar-refractivity contribution in [3.63, 3.8) is 0 Å². The van der Waals surface area contributed by atoms with Crippen LogP contribution in [0.2, 0.25) is 10.0 Å². The molecule has 20 heavy (non-hydrogen) atoms. The molecular weight excluding hydrogens is 311 g/mol. The largest absolute Gasteiger partial charge is 0.271 e. The molecule has 0 amide bonds. The van der Waals surface area contributed by atoms with Gasteiger partial charge in [-0.3, -0.25) is 5.84 Å². The van der Waals surface area contributed by atoms with E-state index in [9.17, 15) is 0 Å². The molecule has 0 aliphatic carbocycles. The van der Waals surface area contributed by atoms with Crippen LogP contribution in [0.15, 0.2) is 47.8 Å². The summed E-state index contributed by atoms with van der Waals surface area (Å²) >= 11 is 14.1. The van der Waals surface area contributed by atoms with Gasteiger partial charge in [0.05, 0.1) is 16.1 Å². The third-order valence-electron chi connectivity index (χ3n) is 3.28. The molecule has 0 saturated carbocycles. The van der Waals surface area contributed by atoms with E-state index < -0.39 is 0 Å². The molecule has 102 valence electrons. The van der Waals surface area contributed by atoms with Crippen molar-refractivity contribution >= 4 is 44.6 Å². The molecule has 1 unspecified atom stereocenters. The van der Waals surface area contributed by atoms with E-state index in [1.165, 1.54) is 10.1 Å². The Balaban J connectivity index is 2.19. The average molecular weight is 323 g/mol. The van der Waals surface area contributed by atoms with E-state index in [2.05, 4.69) is 29.0 Å². The predicted octanol–water partition coefficient (Wildman–Crippen LogP) is 4.76. The van der Waals surface area contributed by atoms with E-state index in [0.717, 1.165) is 11.1 Å². The van der Waals surface area contributed by atoms with Crippen LogP contribution >= 0.6 is 34.5 Å². The van der Waals surface area contributed by atoms with Crippen molar-refractivity contribution in [1.82, 2.24) is 5.43 Å². The Kier molecular flexibility index (Phi) is 3.96. The highest BCUT2D eigenvalue weighted by Gasteiger charge is 2.19. The maximum absolute atomic E-state index is 6.32. The maximum Gasteiger partial charge on any atom is 0.0738 e. The van der Waals surface area contributed by atoms with E-state index in [-0.39, 0.29) is 6.04 Å². The highest BCUT2D eigenvalue weighted by Crippen LogP contribution is 2.36. The van der Waals surface area contributed by atoms with Gasteiger partial charge in [0.15, 0.2) is 0 Å². The molecule has 3 N–H and O–H groups in total. The molecule has 0 saturated heterocycles. The molecule has 1 atom stereocenters. The SMILES string of the molecule is NNC(c1cccc(Cl)c1Cl)c1cccc2ccsc12. The molecule has 0 spiro atoms. The normalized spacial score (nSPS) is 12.8. The van der Waals surface area contributed by atoms with Crippen LogP contribution in [-0.2, 0) is 0 Å². The van der Waals surface area contributed by atoms with Gasteiger partial charge >= 0.3 is 0 Å². The Bertz CT molecular complexity index is 754. The summed E-state index contributed by atoms with van der Waals surface area (Å²) in [7, 11) is 0. The monoisotopic (exact) mass is 322 g/mol. The van der Waals surface area contributed by atoms with Gasteiger partial charge in [0.2, 0.25) is 0 Å². The van der Waals surface area contributed by atoms with E-state index >= 15 is 0 Å². The first-order valence-electron chi connectivity index (χ1n) is 6.08. The summed E-state index contributed by atoms with van der Waals surface area (Å²) in [4.78, 5) is 0. The number of benzene rings is 2. The Morgan fingerprint density at radius 2 is 1.75 bits per heavy atom. The minimum atomic E-state index is -0.191. The molecular formula is C15H12Cl2N2S. The first-order valence-corrected chi connectivity index (χ1v) is 7.72. The Labute approximate surface area is 131 Å². The van der Waals surface area contributed by atoms with Crippen molar-refractivity contribution in [2.45, 2.75) is 6.04 Å². The van der Waals surface area contributed by atoms with Crippen LogP contribution in [0.25, 0.3) is 10.1 Å². The topological polar surface area (TPSA) is 38.0 Å². The first-order chi connectivity index (χ1) is 9.72. The summed E-state index contributed by atoms with van der Waals surface area (Å²) in [6, 6.07) is 13.6. The number of hydrogen-bond donors (Lipinski definition) is 2. The van der Waals surface area contributed by atoms with Gasteiger partial charge < -0.3 is 0 Å². The van der Waals surface area contributed by atoms with Crippen LogP contribution in [0, 0.1) is 0 Å². The molecule has 2 nitrogen and oxygen atoms in total. The summed E-state index contributed by atoms with van der Waals surface area (Å²) in [6.07, 6.45) is 0. The van der Waals surface area contributed by atoms with Crippen LogP contribution in [0.4, 0.5) is 0 Å². The number of hydrogen-bond acceptors (Lipinski definition) is 3. The first kappa shape index (κ1) is 13.9. The fraction of sp³-hybridized carbons (Fsp3) is 0.0667. The molecule has 3 aromatic rings. The molecule has 0 aliphatic heterocycles. The zero-order valence-corrected chi connectivity index (χ0v) is 12.8. The quantitative estimate of drug-likeness (QED) is 0.539. The molecule has 3 rings (SSSR count). The van der Waals surface area contributed by atoms with Crippen molar-refractivity contribution in [2.24, 2.45) is 5.84 Å². The second-order valence-electron chi connectivity index (χ2n) is 4.43. The zero-order valence-electron chi connectivity index (χ0n) is 10.4. The van der Waals surface area contributed by atoms with Crippen molar-refractivity contribution in [1.29, 1.82) is 0 Å². The number of rotatable bonds is 3. The van der Waals surface area contributed by atoms with Crippen LogP contribution in [0.3, 0.4) is 0 Å². The van der Waals surface area contributed by atoms with Crippen LogP contribution < -0.4 is 11.3 Å². The fourth-order valence-corrected chi connectivity index (χ4v) is 3.70. The summed E-state index contributed by atoms with van der Waals surface area (Å²) in [6.45, 7) is 0. The summed E-state index contributed by atoms with van der Waals surface area (Å²) < 4.78 is 1.20. The van der Waals surface area contributed by atoms with E-state index in [1.807, 2.05) is 18.2 Å². The summed E-state index contributed by atoms with van der Waals surface area (Å²) in [5.74, 6) is 5.77. The molecule has 2 aromatic carbocycles. The van der Waals surface area contributed by atoms with Gasteiger partial charge in [-0.25, -0.2) is 5.43 Å². The van der Waals surface area contributed by atoms with Gasteiger partial charge in [-0.05, 0) is 34.0 Å². The minimum absolute atomic E-state index is 0.191. The van der Waals surface area contributed by atoms with Crippen molar-refractivity contribution in [3.05, 3.63) is 69.0 Å². The molecule has 5 heteroatoms. The van der Waals surface area contributed by atoms with Crippen molar-refractivity contribution in [3.8, 4) is 0 Å². The highest BCUT2D eigenvalue weighted by molar-refractivity contribution is 7.17.